The number of anilines is 2. The van der Waals surface area contributed by atoms with E-state index in [0.717, 1.165) is 17.7 Å². The fourth-order valence-corrected chi connectivity index (χ4v) is 2.13. The Labute approximate surface area is 141 Å². The molecule has 0 aliphatic rings. The van der Waals surface area contributed by atoms with Gasteiger partial charge in [0, 0.05) is 18.3 Å². The number of hydrogen-bond acceptors (Lipinski definition) is 3. The Kier molecular flexibility index (Phi) is 6.19. The van der Waals surface area contributed by atoms with Crippen molar-refractivity contribution in [2.24, 2.45) is 0 Å². The largest absolute Gasteiger partial charge is 0.473 e. The molecule has 0 saturated carbocycles. The second-order valence-electron chi connectivity index (χ2n) is 5.14. The van der Waals surface area contributed by atoms with Crippen molar-refractivity contribution in [3.63, 3.8) is 0 Å². The topological polar surface area (TPSA) is 79.5 Å². The molecule has 2 rings (SSSR count). The van der Waals surface area contributed by atoms with Crippen molar-refractivity contribution in [1.29, 1.82) is 0 Å². The summed E-state index contributed by atoms with van der Waals surface area (Å²) in [5.74, 6) is 0.623. The molecule has 6 heteroatoms. The van der Waals surface area contributed by atoms with Crippen LogP contribution in [-0.4, -0.2) is 18.7 Å². The molecule has 0 unspecified atom stereocenters. The third kappa shape index (κ3) is 5.31. The molecule has 0 fully saturated rings. The minimum atomic E-state index is -0.365. The van der Waals surface area contributed by atoms with E-state index in [9.17, 15) is 9.59 Å². The zero-order valence-electron chi connectivity index (χ0n) is 13.8. The van der Waals surface area contributed by atoms with Gasteiger partial charge in [-0.2, -0.15) is 0 Å². The predicted molar refractivity (Wildman–Crippen MR) is 94.2 cm³/mol. The number of aryl methyl sites for hydroxylation is 1. The van der Waals surface area contributed by atoms with E-state index in [-0.39, 0.29) is 18.7 Å². The molecule has 24 heavy (non-hydrogen) atoms. The quantitative estimate of drug-likeness (QED) is 0.712. The molecule has 3 amide bonds. The van der Waals surface area contributed by atoms with E-state index in [4.69, 9.17) is 4.74 Å². The van der Waals surface area contributed by atoms with Crippen molar-refractivity contribution >= 4 is 23.3 Å². The Balaban J connectivity index is 1.80. The molecule has 0 bridgehead atoms. The summed E-state index contributed by atoms with van der Waals surface area (Å²) < 4.78 is 5.58. The zero-order valence-corrected chi connectivity index (χ0v) is 13.8. The third-order valence-corrected chi connectivity index (χ3v) is 3.28. The first-order chi connectivity index (χ1) is 11.6. The van der Waals surface area contributed by atoms with Crippen molar-refractivity contribution in [1.82, 2.24) is 5.32 Å². The number of rotatable bonds is 6. The highest BCUT2D eigenvalue weighted by Crippen LogP contribution is 2.17. The Hall–Kier alpha value is -3.02. The summed E-state index contributed by atoms with van der Waals surface area (Å²) in [5, 5.41) is 7.99. The number of hydrogen-bond donors (Lipinski definition) is 3. The lowest BCUT2D eigenvalue weighted by molar-refractivity contribution is -0.114. The smallest absolute Gasteiger partial charge is 0.321 e. The standard InChI is InChI=1S/C18H21N3O3/c1-3-14-6-4-5-7-17(14)24-12-19-18(23)21-16-10-8-15(9-11-16)20-13(2)22/h4-11H,3,12H2,1-2H3,(H,20,22)(H2,19,21,23). The van der Waals surface area contributed by atoms with Gasteiger partial charge in [-0.05, 0) is 42.3 Å². The molecule has 0 aliphatic carbocycles. The lowest BCUT2D eigenvalue weighted by atomic mass is 10.1. The van der Waals surface area contributed by atoms with E-state index in [2.05, 4.69) is 16.0 Å². The van der Waals surface area contributed by atoms with Gasteiger partial charge >= 0.3 is 6.03 Å². The number of carbonyl (C=O) groups is 2. The Morgan fingerprint density at radius 2 is 1.58 bits per heavy atom. The summed E-state index contributed by atoms with van der Waals surface area (Å²) in [7, 11) is 0. The van der Waals surface area contributed by atoms with Gasteiger partial charge in [-0.15, -0.1) is 0 Å². The summed E-state index contributed by atoms with van der Waals surface area (Å²) in [5.41, 5.74) is 2.39. The molecular weight excluding hydrogens is 306 g/mol. The van der Waals surface area contributed by atoms with E-state index in [1.165, 1.54) is 6.92 Å². The van der Waals surface area contributed by atoms with Crippen LogP contribution in [0.1, 0.15) is 19.4 Å². The summed E-state index contributed by atoms with van der Waals surface area (Å²) in [4.78, 5) is 22.8. The van der Waals surface area contributed by atoms with Crippen LogP contribution in [0, 0.1) is 0 Å². The van der Waals surface area contributed by atoms with E-state index >= 15 is 0 Å². The number of nitrogens with one attached hydrogen (secondary N) is 3. The number of amides is 3. The maximum atomic E-state index is 11.8. The summed E-state index contributed by atoms with van der Waals surface area (Å²) in [6.45, 7) is 3.57. The van der Waals surface area contributed by atoms with Gasteiger partial charge in [0.1, 0.15) is 5.75 Å². The number of ether oxygens (including phenoxy) is 1. The van der Waals surface area contributed by atoms with E-state index < -0.39 is 0 Å². The van der Waals surface area contributed by atoms with Crippen molar-refractivity contribution in [2.75, 3.05) is 17.4 Å². The van der Waals surface area contributed by atoms with Crippen LogP contribution in [0.15, 0.2) is 48.5 Å². The molecule has 3 N–H and O–H groups in total. The molecule has 126 valence electrons. The Bertz CT molecular complexity index is 699. The summed E-state index contributed by atoms with van der Waals surface area (Å²) in [6.07, 6.45) is 0.864. The van der Waals surface area contributed by atoms with Crippen LogP contribution in [0.3, 0.4) is 0 Å². The first kappa shape index (κ1) is 17.3. The number of urea groups is 1. The SMILES string of the molecule is CCc1ccccc1OCNC(=O)Nc1ccc(NC(C)=O)cc1. The fraction of sp³-hybridized carbons (Fsp3) is 0.222. The molecule has 0 radical (unpaired) electrons. The average Bonchev–Trinajstić information content (AvgIpc) is 2.56. The normalized spacial score (nSPS) is 9.92. The van der Waals surface area contributed by atoms with Gasteiger partial charge in [0.05, 0.1) is 0 Å². The van der Waals surface area contributed by atoms with Gasteiger partial charge < -0.3 is 20.7 Å². The second-order valence-corrected chi connectivity index (χ2v) is 5.14. The third-order valence-electron chi connectivity index (χ3n) is 3.28. The highest BCUT2D eigenvalue weighted by Gasteiger charge is 2.04. The molecule has 0 saturated heterocycles. The molecule has 0 atom stereocenters. The van der Waals surface area contributed by atoms with Crippen LogP contribution >= 0.6 is 0 Å². The van der Waals surface area contributed by atoms with Crippen molar-refractivity contribution in [3.8, 4) is 5.75 Å². The number of para-hydroxylation sites is 1. The molecule has 6 nitrogen and oxygen atoms in total. The number of benzene rings is 2. The summed E-state index contributed by atoms with van der Waals surface area (Å²) in [6, 6.07) is 14.2. The van der Waals surface area contributed by atoms with E-state index in [1.54, 1.807) is 24.3 Å². The van der Waals surface area contributed by atoms with Crippen LogP contribution in [0.25, 0.3) is 0 Å². The Morgan fingerprint density at radius 3 is 2.21 bits per heavy atom. The number of carbonyl (C=O) groups excluding carboxylic acids is 2. The molecule has 2 aromatic rings. The van der Waals surface area contributed by atoms with Gasteiger partial charge in [-0.3, -0.25) is 4.79 Å². The van der Waals surface area contributed by atoms with Crippen LogP contribution < -0.4 is 20.7 Å². The molecular formula is C18H21N3O3. The summed E-state index contributed by atoms with van der Waals surface area (Å²) >= 11 is 0. The van der Waals surface area contributed by atoms with Gasteiger partial charge in [-0.25, -0.2) is 4.79 Å². The van der Waals surface area contributed by atoms with Crippen LogP contribution in [-0.2, 0) is 11.2 Å². The lowest BCUT2D eigenvalue weighted by Gasteiger charge is -2.12. The zero-order chi connectivity index (χ0) is 17.4. The maximum Gasteiger partial charge on any atom is 0.321 e. The minimum Gasteiger partial charge on any atom is -0.473 e. The first-order valence-corrected chi connectivity index (χ1v) is 7.71. The monoisotopic (exact) mass is 327 g/mol. The molecule has 0 heterocycles. The Morgan fingerprint density at radius 1 is 0.958 bits per heavy atom. The van der Waals surface area contributed by atoms with Gasteiger partial charge in [0.2, 0.25) is 5.91 Å². The van der Waals surface area contributed by atoms with Crippen LogP contribution in [0.5, 0.6) is 5.75 Å². The molecule has 0 spiro atoms. The minimum absolute atomic E-state index is 0.0762. The highest BCUT2D eigenvalue weighted by molar-refractivity contribution is 5.91. The molecule has 0 aromatic heterocycles. The van der Waals surface area contributed by atoms with Crippen molar-refractivity contribution < 1.29 is 14.3 Å². The van der Waals surface area contributed by atoms with Crippen molar-refractivity contribution in [2.45, 2.75) is 20.3 Å². The van der Waals surface area contributed by atoms with Crippen molar-refractivity contribution in [3.05, 3.63) is 54.1 Å². The van der Waals surface area contributed by atoms with E-state index in [0.29, 0.717) is 11.4 Å². The van der Waals surface area contributed by atoms with Crippen LogP contribution in [0.2, 0.25) is 0 Å². The highest BCUT2D eigenvalue weighted by atomic mass is 16.5. The van der Waals surface area contributed by atoms with Gasteiger partial charge in [-0.1, -0.05) is 25.1 Å². The maximum absolute atomic E-state index is 11.8. The van der Waals surface area contributed by atoms with E-state index in [1.807, 2.05) is 31.2 Å². The lowest BCUT2D eigenvalue weighted by Crippen LogP contribution is -2.32. The average molecular weight is 327 g/mol. The first-order valence-electron chi connectivity index (χ1n) is 7.71. The second kappa shape index (κ2) is 8.57. The molecule has 0 aliphatic heterocycles. The molecule has 2 aromatic carbocycles. The van der Waals surface area contributed by atoms with Gasteiger partial charge in [0.25, 0.3) is 0 Å². The van der Waals surface area contributed by atoms with Gasteiger partial charge in [0.15, 0.2) is 6.73 Å². The fourth-order valence-electron chi connectivity index (χ4n) is 2.13. The van der Waals surface area contributed by atoms with Crippen LogP contribution in [0.4, 0.5) is 16.2 Å². The predicted octanol–water partition coefficient (Wildman–Crippen LogP) is 3.37.